The highest BCUT2D eigenvalue weighted by Gasteiger charge is 2.16. The van der Waals surface area contributed by atoms with Gasteiger partial charge in [-0.05, 0) is 25.3 Å². The molecule has 0 saturated carbocycles. The van der Waals surface area contributed by atoms with Crippen molar-refractivity contribution in [2.75, 3.05) is 5.32 Å². The first-order valence-electron chi connectivity index (χ1n) is 8.13. The summed E-state index contributed by atoms with van der Waals surface area (Å²) in [6.45, 7) is 8.91. The van der Waals surface area contributed by atoms with Gasteiger partial charge in [0.2, 0.25) is 5.95 Å². The van der Waals surface area contributed by atoms with Crippen LogP contribution in [0, 0.1) is 13.8 Å². The van der Waals surface area contributed by atoms with Gasteiger partial charge < -0.3 is 9.84 Å². The quantitative estimate of drug-likeness (QED) is 0.750. The normalized spacial score (nSPS) is 11.0. The van der Waals surface area contributed by atoms with E-state index in [0.717, 1.165) is 17.0 Å². The van der Waals surface area contributed by atoms with Crippen molar-refractivity contribution in [3.63, 3.8) is 0 Å². The Morgan fingerprint density at radius 1 is 1.17 bits per heavy atom. The maximum atomic E-state index is 5.37. The zero-order valence-electron chi connectivity index (χ0n) is 14.5. The van der Waals surface area contributed by atoms with Gasteiger partial charge in [0.15, 0.2) is 5.76 Å². The first-order chi connectivity index (χ1) is 11.5. The minimum absolute atomic E-state index is 0.257. The van der Waals surface area contributed by atoms with E-state index in [1.807, 2.05) is 13.0 Å². The van der Waals surface area contributed by atoms with Crippen LogP contribution in [0.4, 0.5) is 5.95 Å². The van der Waals surface area contributed by atoms with Crippen LogP contribution in [-0.2, 0) is 6.54 Å². The average molecular weight is 322 g/mol. The molecular weight excluding hydrogens is 300 g/mol. The van der Waals surface area contributed by atoms with Gasteiger partial charge in [-0.2, -0.15) is 0 Å². The van der Waals surface area contributed by atoms with Crippen molar-refractivity contribution >= 4 is 5.95 Å². The van der Waals surface area contributed by atoms with E-state index in [9.17, 15) is 0 Å². The number of aromatic nitrogens is 3. The molecular formula is C19H22N4O. The second-order valence-corrected chi connectivity index (χ2v) is 6.32. The molecule has 3 rings (SSSR count). The Morgan fingerprint density at radius 2 is 2.00 bits per heavy atom. The molecule has 0 bridgehead atoms. The van der Waals surface area contributed by atoms with E-state index in [4.69, 9.17) is 4.52 Å². The van der Waals surface area contributed by atoms with Crippen LogP contribution in [0.1, 0.15) is 42.3 Å². The molecule has 3 aromatic rings. The Kier molecular flexibility index (Phi) is 4.60. The molecule has 0 saturated heterocycles. The van der Waals surface area contributed by atoms with Crippen LogP contribution in [0.3, 0.4) is 0 Å². The lowest BCUT2D eigenvalue weighted by atomic mass is 10.0. The van der Waals surface area contributed by atoms with Gasteiger partial charge in [-0.25, -0.2) is 9.97 Å². The number of nitrogens with one attached hydrogen (secondary N) is 1. The smallest absolute Gasteiger partial charge is 0.223 e. The summed E-state index contributed by atoms with van der Waals surface area (Å²) in [6.07, 6.45) is 1.81. The second kappa shape index (κ2) is 6.83. The van der Waals surface area contributed by atoms with Gasteiger partial charge in [0.25, 0.3) is 0 Å². The van der Waals surface area contributed by atoms with Gasteiger partial charge in [0.1, 0.15) is 0 Å². The summed E-state index contributed by atoms with van der Waals surface area (Å²) in [4.78, 5) is 9.12. The predicted molar refractivity (Wildman–Crippen MR) is 94.9 cm³/mol. The van der Waals surface area contributed by atoms with Crippen LogP contribution in [0.15, 0.2) is 41.1 Å². The number of hydrogen-bond acceptors (Lipinski definition) is 5. The maximum Gasteiger partial charge on any atom is 0.223 e. The Hall–Kier alpha value is -2.69. The fourth-order valence-electron chi connectivity index (χ4n) is 2.60. The van der Waals surface area contributed by atoms with E-state index < -0.39 is 0 Å². The Balaban J connectivity index is 1.84. The van der Waals surface area contributed by atoms with Gasteiger partial charge >= 0.3 is 0 Å². The van der Waals surface area contributed by atoms with E-state index >= 15 is 0 Å². The summed E-state index contributed by atoms with van der Waals surface area (Å²) in [5.41, 5.74) is 5.15. The number of nitrogens with zero attached hydrogens (tertiary/aromatic N) is 3. The van der Waals surface area contributed by atoms with Crippen LogP contribution < -0.4 is 5.32 Å². The molecule has 2 aromatic heterocycles. The fraction of sp³-hybridized carbons (Fsp3) is 0.316. The molecule has 0 unspecified atom stereocenters. The number of benzene rings is 1. The molecule has 0 aliphatic rings. The van der Waals surface area contributed by atoms with Gasteiger partial charge in [-0.15, -0.1) is 0 Å². The van der Waals surface area contributed by atoms with Crippen LogP contribution in [0.5, 0.6) is 0 Å². The lowest BCUT2D eigenvalue weighted by Crippen LogP contribution is -2.07. The monoisotopic (exact) mass is 322 g/mol. The zero-order valence-corrected chi connectivity index (χ0v) is 14.5. The highest BCUT2D eigenvalue weighted by Crippen LogP contribution is 2.28. The van der Waals surface area contributed by atoms with E-state index in [-0.39, 0.29) is 5.92 Å². The molecule has 0 amide bonds. The molecule has 5 heteroatoms. The lowest BCUT2D eigenvalue weighted by Gasteiger charge is -2.12. The van der Waals surface area contributed by atoms with Crippen LogP contribution in [0.25, 0.3) is 11.3 Å². The number of aryl methyl sites for hydroxylation is 2. The second-order valence-electron chi connectivity index (χ2n) is 6.32. The third-order valence-corrected chi connectivity index (χ3v) is 3.79. The van der Waals surface area contributed by atoms with Gasteiger partial charge in [0.05, 0.1) is 17.0 Å². The maximum absolute atomic E-state index is 5.37. The van der Waals surface area contributed by atoms with Crippen molar-refractivity contribution < 1.29 is 4.52 Å². The molecule has 0 atom stereocenters. The van der Waals surface area contributed by atoms with Crippen LogP contribution in [-0.4, -0.2) is 15.1 Å². The average Bonchev–Trinajstić information content (AvgIpc) is 2.99. The topological polar surface area (TPSA) is 63.8 Å². The zero-order chi connectivity index (χ0) is 17.1. The lowest BCUT2D eigenvalue weighted by molar-refractivity contribution is 0.426. The van der Waals surface area contributed by atoms with E-state index in [1.165, 1.54) is 11.1 Å². The summed E-state index contributed by atoms with van der Waals surface area (Å²) in [7, 11) is 0. The van der Waals surface area contributed by atoms with E-state index in [2.05, 4.69) is 65.5 Å². The summed E-state index contributed by atoms with van der Waals surface area (Å²) in [6, 6.07) is 10.3. The number of rotatable bonds is 5. The Labute approximate surface area is 142 Å². The predicted octanol–water partition coefficient (Wildman–Crippen LogP) is 4.48. The van der Waals surface area contributed by atoms with Crippen molar-refractivity contribution in [3.8, 4) is 11.3 Å². The van der Waals surface area contributed by atoms with Crippen molar-refractivity contribution in [2.45, 2.75) is 40.2 Å². The van der Waals surface area contributed by atoms with Crippen LogP contribution in [0.2, 0.25) is 0 Å². The Morgan fingerprint density at radius 3 is 2.67 bits per heavy atom. The molecule has 0 aliphatic carbocycles. The largest absolute Gasteiger partial charge is 0.356 e. The highest BCUT2D eigenvalue weighted by atomic mass is 16.5. The molecule has 2 heterocycles. The van der Waals surface area contributed by atoms with Gasteiger partial charge in [0, 0.05) is 18.8 Å². The fourth-order valence-corrected chi connectivity index (χ4v) is 2.60. The number of anilines is 1. The molecule has 0 aliphatic heterocycles. The van der Waals surface area contributed by atoms with Gasteiger partial charge in [-0.3, -0.25) is 0 Å². The van der Waals surface area contributed by atoms with Crippen molar-refractivity contribution in [1.29, 1.82) is 0 Å². The van der Waals surface area contributed by atoms with E-state index in [0.29, 0.717) is 18.3 Å². The molecule has 0 fully saturated rings. The highest BCUT2D eigenvalue weighted by molar-refractivity contribution is 5.61. The third kappa shape index (κ3) is 3.62. The molecule has 1 N–H and O–H groups in total. The molecule has 5 nitrogen and oxygen atoms in total. The standard InChI is InChI=1S/C19H22N4O/c1-12(2)18-16(17-9-14(4)23-24-17)11-21-19(22-18)20-10-15-7-5-6-13(3)8-15/h5-9,11-12H,10H2,1-4H3,(H,20,21,22). The summed E-state index contributed by atoms with van der Waals surface area (Å²) >= 11 is 0. The van der Waals surface area contributed by atoms with Crippen molar-refractivity contribution in [3.05, 3.63) is 59.0 Å². The number of hydrogen-bond donors (Lipinski definition) is 1. The Bertz CT molecular complexity index is 839. The van der Waals surface area contributed by atoms with Crippen molar-refractivity contribution in [1.82, 2.24) is 15.1 Å². The van der Waals surface area contributed by atoms with Crippen molar-refractivity contribution in [2.24, 2.45) is 0 Å². The summed E-state index contributed by atoms with van der Waals surface area (Å²) < 4.78 is 5.37. The van der Waals surface area contributed by atoms with Gasteiger partial charge in [-0.1, -0.05) is 48.8 Å². The van der Waals surface area contributed by atoms with E-state index in [1.54, 1.807) is 6.20 Å². The molecule has 0 radical (unpaired) electrons. The first kappa shape index (κ1) is 16.2. The first-order valence-corrected chi connectivity index (χ1v) is 8.13. The molecule has 24 heavy (non-hydrogen) atoms. The summed E-state index contributed by atoms with van der Waals surface area (Å²) in [5, 5.41) is 7.25. The third-order valence-electron chi connectivity index (χ3n) is 3.79. The summed E-state index contributed by atoms with van der Waals surface area (Å²) in [5.74, 6) is 1.59. The van der Waals surface area contributed by atoms with Crippen LogP contribution >= 0.6 is 0 Å². The molecule has 1 aromatic carbocycles. The molecule has 0 spiro atoms. The minimum Gasteiger partial charge on any atom is -0.356 e. The minimum atomic E-state index is 0.257. The SMILES string of the molecule is Cc1cccc(CNc2ncc(-c3cc(C)no3)c(C(C)C)n2)c1. The molecule has 124 valence electrons.